The van der Waals surface area contributed by atoms with Crippen LogP contribution in [0.25, 0.3) is 0 Å². The smallest absolute Gasteiger partial charge is 0.305 e. The third-order valence-electron chi connectivity index (χ3n) is 4.53. The first kappa shape index (κ1) is 39.8. The minimum absolute atomic E-state index is 0.0463. The van der Waals surface area contributed by atoms with E-state index in [1.807, 2.05) is 39.2 Å². The van der Waals surface area contributed by atoms with E-state index in [-0.39, 0.29) is 24.8 Å². The highest BCUT2D eigenvalue weighted by atomic mass is 32.2. The summed E-state index contributed by atoms with van der Waals surface area (Å²) in [6, 6.07) is 2.16. The first-order valence-electron chi connectivity index (χ1n) is 13.0. The summed E-state index contributed by atoms with van der Waals surface area (Å²) >= 11 is 3.10. The molecule has 0 aliphatic carbocycles. The zero-order chi connectivity index (χ0) is 29.8. The van der Waals surface area contributed by atoms with Crippen LogP contribution >= 0.6 is 23.1 Å². The molecular weight excluding hydrogens is 514 g/mol. The Bertz CT molecular complexity index is 863. The maximum absolute atomic E-state index is 11.7. The average molecular weight is 564 g/mol. The van der Waals surface area contributed by atoms with Crippen molar-refractivity contribution in [1.82, 2.24) is 5.32 Å². The van der Waals surface area contributed by atoms with E-state index in [9.17, 15) is 9.59 Å². The van der Waals surface area contributed by atoms with Crippen LogP contribution < -0.4 is 5.32 Å². The second-order valence-electron chi connectivity index (χ2n) is 8.24. The molecule has 38 heavy (non-hydrogen) atoms. The third-order valence-corrected chi connectivity index (χ3v) is 6.03. The standard InChI is InChI=1S/C14H23NO3S.C9H12S.C6H8O.C2H6/c1-11(2)7-5-4-6-8-12(19-3)14(18)15-10-9-13(16)17;1-3-8(2)6-9-4-5-10-7-9;1-3-6(2)4-5-7;1-2/h4,6,8,11H,5,7,9-10H2,1-3H3,(H,15,18)(H,16,17);4-5,7H,2-3,6H2,1H3;1,4-7H,2H3;1-2H3/b6-4+,12-8-;;5-4+;. The number of aliphatic carboxylic acids is 1. The highest BCUT2D eigenvalue weighted by Gasteiger charge is 2.07. The molecule has 1 aromatic heterocycles. The number of rotatable bonds is 13. The maximum Gasteiger partial charge on any atom is 0.305 e. The number of hydrogen-bond acceptors (Lipinski definition) is 5. The molecule has 1 rings (SSSR count). The Balaban J connectivity index is -0.000000534. The molecule has 1 unspecified atom stereocenters. The van der Waals surface area contributed by atoms with Gasteiger partial charge in [-0.05, 0) is 79.3 Å². The number of carbonyl (C=O) groups is 2. The van der Waals surface area contributed by atoms with Gasteiger partial charge in [0, 0.05) is 12.5 Å². The zero-order valence-electron chi connectivity index (χ0n) is 24.3. The van der Waals surface area contributed by atoms with Crippen LogP contribution in [-0.4, -0.2) is 34.9 Å². The van der Waals surface area contributed by atoms with Gasteiger partial charge in [0.25, 0.3) is 5.91 Å². The highest BCUT2D eigenvalue weighted by molar-refractivity contribution is 8.03. The van der Waals surface area contributed by atoms with Crippen LogP contribution in [0.2, 0.25) is 0 Å². The Hall–Kier alpha value is -2.69. The summed E-state index contributed by atoms with van der Waals surface area (Å²) in [4.78, 5) is 22.6. The molecular formula is C31H49NO4S2. The summed E-state index contributed by atoms with van der Waals surface area (Å²) in [6.45, 7) is 16.4. The summed E-state index contributed by atoms with van der Waals surface area (Å²) in [6.07, 6.45) is 19.2. The lowest BCUT2D eigenvalue weighted by atomic mass is 10.1. The maximum atomic E-state index is 11.7. The SMILES string of the molecule is C#CC(C)/C=C/O.C=C(CC)Cc1ccsc1.CC.CS/C(=C\C=C\CCC(C)C)C(=O)NCCC(=O)O. The van der Waals surface area contributed by atoms with Gasteiger partial charge in [0.05, 0.1) is 17.6 Å². The van der Waals surface area contributed by atoms with Crippen LogP contribution in [0, 0.1) is 24.2 Å². The molecule has 1 heterocycles. The zero-order valence-corrected chi connectivity index (χ0v) is 26.0. The third kappa shape index (κ3) is 27.9. The number of aliphatic hydroxyl groups excluding tert-OH is 1. The van der Waals surface area contributed by atoms with Crippen molar-refractivity contribution < 1.29 is 19.8 Å². The molecule has 0 radical (unpaired) electrons. The lowest BCUT2D eigenvalue weighted by molar-refractivity contribution is -0.136. The Morgan fingerprint density at radius 3 is 2.37 bits per heavy atom. The van der Waals surface area contributed by atoms with Crippen LogP contribution in [0.3, 0.4) is 0 Å². The molecule has 214 valence electrons. The molecule has 0 fully saturated rings. The Labute approximate surface area is 240 Å². The van der Waals surface area contributed by atoms with Crippen molar-refractivity contribution in [3.63, 3.8) is 0 Å². The van der Waals surface area contributed by atoms with E-state index in [0.717, 1.165) is 31.9 Å². The molecule has 0 aromatic carbocycles. The number of nitrogens with one attached hydrogen (secondary N) is 1. The van der Waals surface area contributed by atoms with Crippen LogP contribution in [0.5, 0.6) is 0 Å². The topological polar surface area (TPSA) is 86.6 Å². The summed E-state index contributed by atoms with van der Waals surface area (Å²) < 4.78 is 0. The molecule has 3 N–H and O–H groups in total. The Kier molecular flexibility index (Phi) is 30.3. The van der Waals surface area contributed by atoms with E-state index in [1.54, 1.807) is 23.5 Å². The van der Waals surface area contributed by atoms with Gasteiger partial charge in [0.1, 0.15) is 0 Å². The number of aliphatic hydroxyl groups is 1. The van der Waals surface area contributed by atoms with Gasteiger partial charge >= 0.3 is 5.97 Å². The van der Waals surface area contributed by atoms with Gasteiger partial charge in [0.2, 0.25) is 0 Å². The Morgan fingerprint density at radius 2 is 1.95 bits per heavy atom. The number of amides is 1. The highest BCUT2D eigenvalue weighted by Crippen LogP contribution is 2.13. The van der Waals surface area contributed by atoms with E-state index in [2.05, 4.69) is 55.4 Å². The van der Waals surface area contributed by atoms with E-state index in [4.69, 9.17) is 16.6 Å². The largest absolute Gasteiger partial charge is 0.516 e. The van der Waals surface area contributed by atoms with Crippen molar-refractivity contribution in [3.05, 3.63) is 70.0 Å². The fraction of sp³-hybridized carbons (Fsp3) is 0.484. The van der Waals surface area contributed by atoms with Crippen molar-refractivity contribution in [2.45, 2.75) is 73.6 Å². The van der Waals surface area contributed by atoms with E-state index in [1.165, 1.54) is 22.9 Å². The molecule has 0 spiro atoms. The number of carboxylic acid groups (broad SMARTS) is 1. The first-order valence-corrected chi connectivity index (χ1v) is 15.1. The number of thiophene rings is 1. The lowest BCUT2D eigenvalue weighted by Crippen LogP contribution is -2.26. The van der Waals surface area contributed by atoms with Crippen molar-refractivity contribution in [2.24, 2.45) is 11.8 Å². The number of hydrogen-bond donors (Lipinski definition) is 3. The van der Waals surface area contributed by atoms with Crippen molar-refractivity contribution >= 4 is 35.0 Å². The molecule has 5 nitrogen and oxygen atoms in total. The molecule has 1 amide bonds. The van der Waals surface area contributed by atoms with Gasteiger partial charge in [0.15, 0.2) is 0 Å². The van der Waals surface area contributed by atoms with Crippen LogP contribution in [0.15, 0.2) is 64.4 Å². The summed E-state index contributed by atoms with van der Waals surface area (Å²) in [5.74, 6) is 2.01. The van der Waals surface area contributed by atoms with Crippen LogP contribution in [0.1, 0.15) is 72.8 Å². The van der Waals surface area contributed by atoms with Crippen molar-refractivity contribution in [3.8, 4) is 12.3 Å². The molecule has 7 heteroatoms. The van der Waals surface area contributed by atoms with Gasteiger partial charge in [-0.25, -0.2) is 0 Å². The van der Waals surface area contributed by atoms with Gasteiger partial charge in [-0.1, -0.05) is 64.8 Å². The van der Waals surface area contributed by atoms with E-state index in [0.29, 0.717) is 10.8 Å². The molecule has 0 saturated heterocycles. The number of allylic oxidation sites excluding steroid dienone is 5. The lowest BCUT2D eigenvalue weighted by Gasteiger charge is -2.04. The number of terminal acetylenes is 1. The normalized spacial score (nSPS) is 11.3. The summed E-state index contributed by atoms with van der Waals surface area (Å²) in [5.41, 5.74) is 2.72. The van der Waals surface area contributed by atoms with Gasteiger partial charge in [-0.3, -0.25) is 9.59 Å². The molecule has 0 aliphatic rings. The molecule has 1 atom stereocenters. The first-order chi connectivity index (χ1) is 18.1. The van der Waals surface area contributed by atoms with Gasteiger partial charge in [-0.15, -0.1) is 18.2 Å². The Morgan fingerprint density at radius 1 is 1.29 bits per heavy atom. The predicted molar refractivity (Wildman–Crippen MR) is 169 cm³/mol. The average Bonchev–Trinajstić information content (AvgIpc) is 3.40. The number of carbonyl (C=O) groups excluding carboxylic acids is 1. The second-order valence-corrected chi connectivity index (χ2v) is 9.87. The molecule has 1 aromatic rings. The number of carboxylic acids is 1. The van der Waals surface area contributed by atoms with Crippen LogP contribution in [0.4, 0.5) is 0 Å². The van der Waals surface area contributed by atoms with E-state index >= 15 is 0 Å². The monoisotopic (exact) mass is 563 g/mol. The van der Waals surface area contributed by atoms with Crippen molar-refractivity contribution in [2.75, 3.05) is 12.8 Å². The van der Waals surface area contributed by atoms with Gasteiger partial charge < -0.3 is 15.5 Å². The predicted octanol–water partition coefficient (Wildman–Crippen LogP) is 8.43. The fourth-order valence-electron chi connectivity index (χ4n) is 2.28. The molecule has 0 aliphatic heterocycles. The summed E-state index contributed by atoms with van der Waals surface area (Å²) in [5, 5.41) is 23.4. The minimum Gasteiger partial charge on any atom is -0.516 e. The summed E-state index contributed by atoms with van der Waals surface area (Å²) in [7, 11) is 0. The second kappa shape index (κ2) is 28.9. The van der Waals surface area contributed by atoms with Crippen LogP contribution in [-0.2, 0) is 16.0 Å². The fourth-order valence-corrected chi connectivity index (χ4v) is 3.42. The van der Waals surface area contributed by atoms with E-state index < -0.39 is 5.97 Å². The van der Waals surface area contributed by atoms with Gasteiger partial charge in [-0.2, -0.15) is 11.3 Å². The minimum atomic E-state index is -0.913. The molecule has 0 bridgehead atoms. The van der Waals surface area contributed by atoms with Crippen molar-refractivity contribution in [1.29, 1.82) is 0 Å². The molecule has 0 saturated carbocycles. The quantitative estimate of drug-likeness (QED) is 0.0737. The number of thioether (sulfide) groups is 1.